The molecule has 17 heavy (non-hydrogen) atoms. The highest BCUT2D eigenvalue weighted by molar-refractivity contribution is 6.04. The molecule has 88 valence electrons. The van der Waals surface area contributed by atoms with Gasteiger partial charge in [-0.25, -0.2) is 4.79 Å². The van der Waals surface area contributed by atoms with Crippen LogP contribution in [0.1, 0.15) is 17.3 Å². The van der Waals surface area contributed by atoms with Crippen LogP contribution in [0.3, 0.4) is 0 Å². The first kappa shape index (κ1) is 11.4. The minimum absolute atomic E-state index is 0.352. The highest BCUT2D eigenvalue weighted by atomic mass is 16.5. The monoisotopic (exact) mass is 230 g/mol. The first-order chi connectivity index (χ1) is 8.27. The number of para-hydroxylation sites is 1. The third-order valence-corrected chi connectivity index (χ3v) is 2.52. The van der Waals surface area contributed by atoms with Gasteiger partial charge in [0.2, 0.25) is 0 Å². The lowest BCUT2D eigenvalue weighted by Gasteiger charge is -2.10. The minimum Gasteiger partial charge on any atom is -0.462 e. The van der Waals surface area contributed by atoms with Crippen molar-refractivity contribution in [2.45, 2.75) is 6.92 Å². The molecule has 4 nitrogen and oxygen atoms in total. The lowest BCUT2D eigenvalue weighted by Crippen LogP contribution is -2.09. The molecule has 1 heterocycles. The molecule has 2 rings (SSSR count). The molecule has 0 atom stereocenters. The quantitative estimate of drug-likeness (QED) is 0.823. The van der Waals surface area contributed by atoms with E-state index in [1.54, 1.807) is 20.2 Å². The normalized spacial score (nSPS) is 10.2. The number of anilines is 1. The Hall–Kier alpha value is -2.10. The largest absolute Gasteiger partial charge is 0.462 e. The molecule has 0 amide bonds. The van der Waals surface area contributed by atoms with E-state index in [1.807, 2.05) is 24.3 Å². The number of hydrogen-bond acceptors (Lipinski definition) is 4. The SMILES string of the molecule is CCOC(=O)c1cnc2ccccc2c1NC. The predicted octanol–water partition coefficient (Wildman–Crippen LogP) is 2.45. The number of benzene rings is 1. The Kier molecular flexibility index (Phi) is 3.23. The molecule has 0 radical (unpaired) electrons. The molecule has 2 aromatic rings. The summed E-state index contributed by atoms with van der Waals surface area (Å²) in [5.74, 6) is -0.352. The first-order valence-corrected chi connectivity index (χ1v) is 5.50. The van der Waals surface area contributed by atoms with E-state index in [2.05, 4.69) is 10.3 Å². The van der Waals surface area contributed by atoms with Crippen molar-refractivity contribution in [3.05, 3.63) is 36.0 Å². The number of rotatable bonds is 3. The van der Waals surface area contributed by atoms with Gasteiger partial charge in [0.25, 0.3) is 0 Å². The number of hydrogen-bond donors (Lipinski definition) is 1. The van der Waals surface area contributed by atoms with E-state index in [4.69, 9.17) is 4.74 Å². The van der Waals surface area contributed by atoms with Crippen molar-refractivity contribution in [2.24, 2.45) is 0 Å². The second-order valence-electron chi connectivity index (χ2n) is 3.53. The van der Waals surface area contributed by atoms with Crippen molar-refractivity contribution in [1.82, 2.24) is 4.98 Å². The average molecular weight is 230 g/mol. The summed E-state index contributed by atoms with van der Waals surface area (Å²) in [4.78, 5) is 16.0. The Bertz CT molecular complexity index is 552. The Morgan fingerprint density at radius 1 is 1.41 bits per heavy atom. The Labute approximate surface area is 99.6 Å². The molecule has 0 spiro atoms. The third kappa shape index (κ3) is 2.06. The number of nitrogens with zero attached hydrogens (tertiary/aromatic N) is 1. The fraction of sp³-hybridized carbons (Fsp3) is 0.231. The smallest absolute Gasteiger partial charge is 0.341 e. The molecule has 0 saturated heterocycles. The number of esters is 1. The van der Waals surface area contributed by atoms with Crippen molar-refractivity contribution in [2.75, 3.05) is 19.0 Å². The molecule has 0 saturated carbocycles. The highest BCUT2D eigenvalue weighted by Crippen LogP contribution is 2.25. The van der Waals surface area contributed by atoms with E-state index in [0.717, 1.165) is 16.6 Å². The summed E-state index contributed by atoms with van der Waals surface area (Å²) < 4.78 is 5.00. The fourth-order valence-corrected chi connectivity index (χ4v) is 1.77. The molecule has 1 aromatic heterocycles. The van der Waals surface area contributed by atoms with Gasteiger partial charge in [0, 0.05) is 18.6 Å². The minimum atomic E-state index is -0.352. The van der Waals surface area contributed by atoms with Gasteiger partial charge < -0.3 is 10.1 Å². The molecule has 4 heteroatoms. The van der Waals surface area contributed by atoms with Crippen LogP contribution in [-0.4, -0.2) is 24.6 Å². The molecule has 0 aliphatic carbocycles. The Morgan fingerprint density at radius 3 is 2.88 bits per heavy atom. The van der Waals surface area contributed by atoms with Crippen molar-refractivity contribution in [3.63, 3.8) is 0 Å². The van der Waals surface area contributed by atoms with Crippen molar-refractivity contribution >= 4 is 22.6 Å². The maximum absolute atomic E-state index is 11.8. The Morgan fingerprint density at radius 2 is 2.18 bits per heavy atom. The summed E-state index contributed by atoms with van der Waals surface area (Å²) in [7, 11) is 1.78. The van der Waals surface area contributed by atoms with Crippen molar-refractivity contribution < 1.29 is 9.53 Å². The van der Waals surface area contributed by atoms with Crippen LogP contribution in [0.4, 0.5) is 5.69 Å². The Balaban J connectivity index is 2.60. The number of ether oxygens (including phenoxy) is 1. The van der Waals surface area contributed by atoms with Crippen LogP contribution < -0.4 is 5.32 Å². The molecule has 1 N–H and O–H groups in total. The van der Waals surface area contributed by atoms with Gasteiger partial charge in [0.05, 0.1) is 17.8 Å². The number of carbonyl (C=O) groups excluding carboxylic acids is 1. The van der Waals surface area contributed by atoms with E-state index < -0.39 is 0 Å². The maximum atomic E-state index is 11.8. The van der Waals surface area contributed by atoms with Crippen LogP contribution in [0, 0.1) is 0 Å². The molecule has 0 bridgehead atoms. The highest BCUT2D eigenvalue weighted by Gasteiger charge is 2.14. The van der Waals surface area contributed by atoms with Crippen molar-refractivity contribution in [3.8, 4) is 0 Å². The number of aromatic nitrogens is 1. The van der Waals surface area contributed by atoms with Gasteiger partial charge in [-0.3, -0.25) is 4.98 Å². The third-order valence-electron chi connectivity index (χ3n) is 2.52. The van der Waals surface area contributed by atoms with E-state index in [9.17, 15) is 4.79 Å². The summed E-state index contributed by atoms with van der Waals surface area (Å²) in [6, 6.07) is 7.67. The number of pyridine rings is 1. The second-order valence-corrected chi connectivity index (χ2v) is 3.53. The average Bonchev–Trinajstić information content (AvgIpc) is 2.37. The number of carbonyl (C=O) groups is 1. The van der Waals surface area contributed by atoms with Gasteiger partial charge in [-0.15, -0.1) is 0 Å². The summed E-state index contributed by atoms with van der Waals surface area (Å²) in [5.41, 5.74) is 2.08. The predicted molar refractivity (Wildman–Crippen MR) is 67.2 cm³/mol. The van der Waals surface area contributed by atoms with Gasteiger partial charge >= 0.3 is 5.97 Å². The van der Waals surface area contributed by atoms with Crippen LogP contribution in [0.5, 0.6) is 0 Å². The zero-order chi connectivity index (χ0) is 12.3. The fourth-order valence-electron chi connectivity index (χ4n) is 1.77. The van der Waals surface area contributed by atoms with E-state index in [1.165, 1.54) is 0 Å². The standard InChI is InChI=1S/C13H14N2O2/c1-3-17-13(16)10-8-15-11-7-5-4-6-9(11)12(10)14-2/h4-8H,3H2,1-2H3,(H,14,15). The van der Waals surface area contributed by atoms with Crippen LogP contribution in [-0.2, 0) is 4.74 Å². The number of fused-ring (bicyclic) bond motifs is 1. The molecule has 1 aromatic carbocycles. The van der Waals surface area contributed by atoms with Crippen LogP contribution in [0.2, 0.25) is 0 Å². The van der Waals surface area contributed by atoms with Gasteiger partial charge in [-0.1, -0.05) is 18.2 Å². The topological polar surface area (TPSA) is 51.2 Å². The summed E-state index contributed by atoms with van der Waals surface area (Å²) in [6.07, 6.45) is 1.55. The molecular formula is C13H14N2O2. The van der Waals surface area contributed by atoms with Gasteiger partial charge in [0.1, 0.15) is 5.56 Å². The molecule has 0 fully saturated rings. The van der Waals surface area contributed by atoms with Gasteiger partial charge in [0.15, 0.2) is 0 Å². The van der Waals surface area contributed by atoms with E-state index in [0.29, 0.717) is 12.2 Å². The van der Waals surface area contributed by atoms with E-state index >= 15 is 0 Å². The van der Waals surface area contributed by atoms with Gasteiger partial charge in [-0.2, -0.15) is 0 Å². The lowest BCUT2D eigenvalue weighted by molar-refractivity contribution is 0.0527. The first-order valence-electron chi connectivity index (χ1n) is 5.50. The summed E-state index contributed by atoms with van der Waals surface area (Å²) in [5, 5.41) is 3.95. The zero-order valence-electron chi connectivity index (χ0n) is 9.86. The van der Waals surface area contributed by atoms with Crippen molar-refractivity contribution in [1.29, 1.82) is 0 Å². The molecule has 0 unspecified atom stereocenters. The molecule has 0 aliphatic rings. The van der Waals surface area contributed by atoms with E-state index in [-0.39, 0.29) is 5.97 Å². The molecular weight excluding hydrogens is 216 g/mol. The lowest BCUT2D eigenvalue weighted by atomic mass is 10.1. The second kappa shape index (κ2) is 4.82. The van der Waals surface area contributed by atoms with Crippen LogP contribution >= 0.6 is 0 Å². The van der Waals surface area contributed by atoms with Crippen LogP contribution in [0.15, 0.2) is 30.5 Å². The van der Waals surface area contributed by atoms with Crippen LogP contribution in [0.25, 0.3) is 10.9 Å². The summed E-state index contributed by atoms with van der Waals surface area (Å²) in [6.45, 7) is 2.14. The maximum Gasteiger partial charge on any atom is 0.341 e. The number of nitrogens with one attached hydrogen (secondary N) is 1. The van der Waals surface area contributed by atoms with Gasteiger partial charge in [-0.05, 0) is 13.0 Å². The molecule has 0 aliphatic heterocycles. The summed E-state index contributed by atoms with van der Waals surface area (Å²) >= 11 is 0. The zero-order valence-corrected chi connectivity index (χ0v) is 9.86.